The van der Waals surface area contributed by atoms with Crippen molar-refractivity contribution in [3.63, 3.8) is 0 Å². The van der Waals surface area contributed by atoms with Gasteiger partial charge in [0, 0.05) is 23.4 Å². The van der Waals surface area contributed by atoms with Gasteiger partial charge >= 0.3 is 8.80 Å². The van der Waals surface area contributed by atoms with Crippen LogP contribution in [0.15, 0.2) is 0 Å². The quantitative estimate of drug-likeness (QED) is 0.504. The van der Waals surface area contributed by atoms with Gasteiger partial charge in [0.1, 0.15) is 0 Å². The van der Waals surface area contributed by atoms with E-state index in [-0.39, 0.29) is 23.4 Å². The van der Waals surface area contributed by atoms with E-state index in [1.807, 2.05) is 0 Å². The zero-order chi connectivity index (χ0) is 16.8. The predicted molar refractivity (Wildman–Crippen MR) is 92.5 cm³/mol. The lowest BCUT2D eigenvalue weighted by Gasteiger charge is -2.47. The number of rotatable bonds is 10. The molecule has 3 nitrogen and oxygen atoms in total. The Morgan fingerprint density at radius 1 is 0.762 bits per heavy atom. The summed E-state index contributed by atoms with van der Waals surface area (Å²) in [4.78, 5) is 0. The number of hydrogen-bond acceptors (Lipinski definition) is 3. The minimum Gasteiger partial charge on any atom is -0.371 e. The second-order valence-electron chi connectivity index (χ2n) is 7.47. The van der Waals surface area contributed by atoms with Crippen molar-refractivity contribution < 1.29 is 13.3 Å². The first kappa shape index (κ1) is 21.1. The fraction of sp³-hybridized carbons (Fsp3) is 1.00. The van der Waals surface area contributed by atoms with E-state index in [1.54, 1.807) is 0 Å². The van der Waals surface area contributed by atoms with E-state index >= 15 is 0 Å². The summed E-state index contributed by atoms with van der Waals surface area (Å²) in [5.41, 5.74) is 0. The lowest BCUT2D eigenvalue weighted by atomic mass is 9.92. The lowest BCUT2D eigenvalue weighted by molar-refractivity contribution is -0.0221. The summed E-state index contributed by atoms with van der Waals surface area (Å²) >= 11 is 0. The summed E-state index contributed by atoms with van der Waals surface area (Å²) in [6.45, 7) is 21.4. The van der Waals surface area contributed by atoms with Crippen LogP contribution in [0.5, 0.6) is 0 Å². The molecule has 0 saturated carbocycles. The average Bonchev–Trinajstić information content (AvgIpc) is 2.25. The maximum Gasteiger partial charge on any atom is 0.507 e. The topological polar surface area (TPSA) is 27.7 Å². The molecule has 0 aliphatic rings. The molecule has 0 saturated heterocycles. The molecule has 1 unspecified atom stereocenters. The molecule has 0 rings (SSSR count). The first-order valence-corrected chi connectivity index (χ1v) is 10.2. The van der Waals surface area contributed by atoms with E-state index in [0.29, 0.717) is 5.92 Å². The van der Waals surface area contributed by atoms with Gasteiger partial charge in [0.05, 0.1) is 0 Å². The van der Waals surface area contributed by atoms with E-state index in [1.165, 1.54) is 6.42 Å². The van der Waals surface area contributed by atoms with Crippen LogP contribution in [0, 0.1) is 5.92 Å². The Balaban J connectivity index is 5.68. The van der Waals surface area contributed by atoms with Gasteiger partial charge < -0.3 is 13.3 Å². The molecule has 0 heterocycles. The van der Waals surface area contributed by atoms with Crippen molar-refractivity contribution in [3.8, 4) is 0 Å². The Bertz CT molecular complexity index is 261. The van der Waals surface area contributed by atoms with Crippen LogP contribution < -0.4 is 0 Å². The molecule has 0 bridgehead atoms. The summed E-state index contributed by atoms with van der Waals surface area (Å²) in [6, 6.07) is 0. The number of hydrogen-bond donors (Lipinski definition) is 0. The van der Waals surface area contributed by atoms with Crippen molar-refractivity contribution in [3.05, 3.63) is 0 Å². The molecule has 0 amide bonds. The van der Waals surface area contributed by atoms with Crippen LogP contribution in [0.3, 0.4) is 0 Å². The van der Waals surface area contributed by atoms with Crippen LogP contribution in [0.25, 0.3) is 0 Å². The van der Waals surface area contributed by atoms with E-state index in [4.69, 9.17) is 13.3 Å². The SMILES string of the molecule is CCCC(C)C(C)(C)[Si](OC(C)C)(OC(C)C)OC(C)C. The van der Waals surface area contributed by atoms with Gasteiger partial charge in [-0.2, -0.15) is 0 Å². The molecule has 21 heavy (non-hydrogen) atoms. The molecule has 1 atom stereocenters. The fourth-order valence-electron chi connectivity index (χ4n) is 2.57. The van der Waals surface area contributed by atoms with Crippen LogP contribution >= 0.6 is 0 Å². The third-order valence-electron chi connectivity index (χ3n) is 3.92. The van der Waals surface area contributed by atoms with E-state index in [2.05, 4.69) is 69.2 Å². The third-order valence-corrected chi connectivity index (χ3v) is 8.33. The Hall–Kier alpha value is 0.0969. The molecular weight excluding hydrogens is 280 g/mol. The fourth-order valence-corrected chi connectivity index (χ4v) is 6.25. The van der Waals surface area contributed by atoms with Crippen molar-refractivity contribution in [2.75, 3.05) is 0 Å². The molecule has 0 radical (unpaired) electrons. The van der Waals surface area contributed by atoms with Crippen molar-refractivity contribution in [1.82, 2.24) is 0 Å². The van der Waals surface area contributed by atoms with Crippen LogP contribution in [0.2, 0.25) is 5.04 Å². The molecule has 0 N–H and O–H groups in total. The highest BCUT2D eigenvalue weighted by atomic mass is 28.4. The summed E-state index contributed by atoms with van der Waals surface area (Å²) in [5.74, 6) is 0.491. The summed E-state index contributed by atoms with van der Waals surface area (Å²) in [6.07, 6.45) is 2.62. The standard InChI is InChI=1S/C17H38O3Si/c1-11-12-16(8)17(9,10)21(18-13(2)3,19-14(4)5)20-15(6)7/h13-16H,11-12H2,1-10H3. The van der Waals surface area contributed by atoms with Gasteiger partial charge in [-0.25, -0.2) is 0 Å². The lowest BCUT2D eigenvalue weighted by Crippen LogP contribution is -2.59. The van der Waals surface area contributed by atoms with Crippen molar-refractivity contribution >= 4 is 8.80 Å². The molecule has 0 aromatic heterocycles. The van der Waals surface area contributed by atoms with Crippen LogP contribution in [0.4, 0.5) is 0 Å². The van der Waals surface area contributed by atoms with Gasteiger partial charge in [-0.05, 0) is 47.5 Å². The van der Waals surface area contributed by atoms with Gasteiger partial charge in [-0.15, -0.1) is 0 Å². The highest BCUT2D eigenvalue weighted by molar-refractivity contribution is 6.64. The first-order valence-electron chi connectivity index (χ1n) is 8.51. The Labute approximate surface area is 134 Å². The smallest absolute Gasteiger partial charge is 0.371 e. The van der Waals surface area contributed by atoms with Crippen molar-refractivity contribution in [2.24, 2.45) is 5.92 Å². The van der Waals surface area contributed by atoms with Crippen LogP contribution in [-0.2, 0) is 13.3 Å². The average molecular weight is 319 g/mol. The molecule has 0 fully saturated rings. The monoisotopic (exact) mass is 318 g/mol. The summed E-state index contributed by atoms with van der Waals surface area (Å²) in [7, 11) is -2.81. The highest BCUT2D eigenvalue weighted by Crippen LogP contribution is 2.49. The molecule has 0 aliphatic carbocycles. The maximum absolute atomic E-state index is 6.39. The zero-order valence-electron chi connectivity index (χ0n) is 15.9. The molecule has 4 heteroatoms. The van der Waals surface area contributed by atoms with E-state index in [9.17, 15) is 0 Å². The summed E-state index contributed by atoms with van der Waals surface area (Å²) < 4.78 is 19.2. The van der Waals surface area contributed by atoms with Crippen molar-refractivity contribution in [1.29, 1.82) is 0 Å². The Morgan fingerprint density at radius 2 is 1.10 bits per heavy atom. The minimum absolute atomic E-state index is 0.0993. The maximum atomic E-state index is 6.39. The van der Waals surface area contributed by atoms with Crippen LogP contribution in [0.1, 0.15) is 82.1 Å². The van der Waals surface area contributed by atoms with Gasteiger partial charge in [-0.1, -0.05) is 40.5 Å². The largest absolute Gasteiger partial charge is 0.507 e. The van der Waals surface area contributed by atoms with Crippen molar-refractivity contribution in [2.45, 2.75) is 105 Å². The molecule has 0 aromatic carbocycles. The van der Waals surface area contributed by atoms with Gasteiger partial charge in [0.25, 0.3) is 0 Å². The molecule has 0 aliphatic heterocycles. The van der Waals surface area contributed by atoms with Gasteiger partial charge in [0.15, 0.2) is 0 Å². The molecule has 0 spiro atoms. The predicted octanol–water partition coefficient (Wildman–Crippen LogP) is 5.42. The first-order chi connectivity index (χ1) is 9.48. The van der Waals surface area contributed by atoms with E-state index < -0.39 is 8.80 Å². The summed E-state index contributed by atoms with van der Waals surface area (Å²) in [5, 5.41) is -0.109. The molecule has 128 valence electrons. The Morgan fingerprint density at radius 3 is 1.33 bits per heavy atom. The second kappa shape index (κ2) is 8.66. The van der Waals surface area contributed by atoms with Gasteiger partial charge in [-0.3, -0.25) is 0 Å². The van der Waals surface area contributed by atoms with E-state index in [0.717, 1.165) is 6.42 Å². The molecule has 0 aromatic rings. The highest BCUT2D eigenvalue weighted by Gasteiger charge is 2.59. The third kappa shape index (κ3) is 6.01. The molecular formula is C17H38O3Si. The zero-order valence-corrected chi connectivity index (χ0v) is 16.9. The normalized spacial score (nSPS) is 15.3. The second-order valence-corrected chi connectivity index (χ2v) is 10.6. The van der Waals surface area contributed by atoms with Gasteiger partial charge in [0.2, 0.25) is 0 Å². The van der Waals surface area contributed by atoms with Crippen LogP contribution in [-0.4, -0.2) is 27.1 Å². The minimum atomic E-state index is -2.81. The Kier molecular flexibility index (Phi) is 8.70.